The summed E-state index contributed by atoms with van der Waals surface area (Å²) in [6, 6.07) is 2.95. The number of phenols is 1. The summed E-state index contributed by atoms with van der Waals surface area (Å²) >= 11 is 0. The van der Waals surface area contributed by atoms with Crippen LogP contribution in [-0.2, 0) is 22.4 Å². The van der Waals surface area contributed by atoms with Crippen LogP contribution in [0.5, 0.6) is 5.75 Å². The second-order valence-corrected chi connectivity index (χ2v) is 6.35. The molecule has 3 N–H and O–H groups in total. The predicted molar refractivity (Wildman–Crippen MR) is 103 cm³/mol. The summed E-state index contributed by atoms with van der Waals surface area (Å²) < 4.78 is 12.0. The maximum Gasteiger partial charge on any atom is 0.338 e. The summed E-state index contributed by atoms with van der Waals surface area (Å²) in [4.78, 5) is 20.9. The first-order valence-corrected chi connectivity index (χ1v) is 8.90. The average Bonchev–Trinajstić information content (AvgIpc) is 3.02. The first-order chi connectivity index (χ1) is 13.0. The number of nitrogens with zero attached hydrogens (tertiary/aromatic N) is 3. The number of nitrogen functional groups attached to an aromatic ring is 1. The van der Waals surface area contributed by atoms with Crippen LogP contribution in [0.2, 0.25) is 0 Å². The number of aromatic hydroxyl groups is 1. The zero-order chi connectivity index (χ0) is 19.6. The second kappa shape index (κ2) is 7.79. The Hall–Kier alpha value is -2.87. The van der Waals surface area contributed by atoms with Gasteiger partial charge in [0.25, 0.3) is 0 Å². The van der Waals surface area contributed by atoms with Crippen LogP contribution in [0.4, 0.5) is 5.82 Å². The lowest BCUT2D eigenvalue weighted by atomic mass is 10.1. The fourth-order valence-electron chi connectivity index (χ4n) is 3.24. The number of aryl methyl sites for hydroxylation is 1. The molecule has 3 rings (SSSR count). The van der Waals surface area contributed by atoms with Crippen molar-refractivity contribution in [2.45, 2.75) is 32.7 Å². The van der Waals surface area contributed by atoms with Crippen molar-refractivity contribution in [2.24, 2.45) is 0 Å². The van der Waals surface area contributed by atoms with Crippen molar-refractivity contribution >= 4 is 33.7 Å². The van der Waals surface area contributed by atoms with Crippen LogP contribution in [0.3, 0.4) is 0 Å². The number of benzene rings is 1. The van der Waals surface area contributed by atoms with Gasteiger partial charge in [-0.2, -0.15) is 0 Å². The van der Waals surface area contributed by atoms with E-state index in [4.69, 9.17) is 15.2 Å². The van der Waals surface area contributed by atoms with Crippen molar-refractivity contribution < 1.29 is 19.4 Å². The Morgan fingerprint density at radius 1 is 1.30 bits per heavy atom. The highest BCUT2D eigenvalue weighted by atomic mass is 16.5. The molecule has 144 valence electrons. The third-order valence-corrected chi connectivity index (χ3v) is 4.56. The van der Waals surface area contributed by atoms with Gasteiger partial charge in [0.05, 0.1) is 35.7 Å². The summed E-state index contributed by atoms with van der Waals surface area (Å²) in [5, 5.41) is 11.2. The molecule has 0 bridgehead atoms. The first-order valence-electron chi connectivity index (χ1n) is 8.90. The summed E-state index contributed by atoms with van der Waals surface area (Å²) in [6.07, 6.45) is 2.81. The molecular weight excluding hydrogens is 348 g/mol. The lowest BCUT2D eigenvalue weighted by molar-refractivity contribution is 0.0600. The highest BCUT2D eigenvalue weighted by Gasteiger charge is 2.21. The third-order valence-electron chi connectivity index (χ3n) is 4.56. The van der Waals surface area contributed by atoms with Gasteiger partial charge < -0.3 is 24.9 Å². The normalized spacial score (nSPS) is 11.4. The molecule has 0 saturated carbocycles. The Morgan fingerprint density at radius 3 is 2.74 bits per heavy atom. The molecule has 0 fully saturated rings. The van der Waals surface area contributed by atoms with E-state index in [1.165, 1.54) is 13.2 Å². The van der Waals surface area contributed by atoms with Gasteiger partial charge in [-0.25, -0.2) is 14.8 Å². The van der Waals surface area contributed by atoms with E-state index in [0.717, 1.165) is 25.1 Å². The molecular formula is C19H24N4O4. The standard InChI is InChI=1S/C19H24N4O4/c1-4-5-6-14-22-16-17(23(14)7-8-26-2)15-12(21-18(16)20)9-11(10-13(15)24)19(25)27-3/h9-10,24H,4-8H2,1-3H3,(H2,20,21). The Kier molecular flexibility index (Phi) is 5.46. The minimum Gasteiger partial charge on any atom is -0.507 e. The van der Waals surface area contributed by atoms with E-state index in [9.17, 15) is 9.90 Å². The Balaban J connectivity index is 2.33. The SMILES string of the molecule is CCCCc1nc2c(N)nc3cc(C(=O)OC)cc(O)c3c2n1CCOC. The number of nitrogens with two attached hydrogens (primary N) is 1. The summed E-state index contributed by atoms with van der Waals surface area (Å²) in [5.74, 6) is 0.518. The van der Waals surface area contributed by atoms with Gasteiger partial charge in [-0.15, -0.1) is 0 Å². The lowest BCUT2D eigenvalue weighted by Crippen LogP contribution is -2.09. The second-order valence-electron chi connectivity index (χ2n) is 6.35. The Labute approximate surface area is 156 Å². The summed E-state index contributed by atoms with van der Waals surface area (Å²) in [5.41, 5.74) is 8.03. The van der Waals surface area contributed by atoms with E-state index in [1.54, 1.807) is 13.2 Å². The monoisotopic (exact) mass is 372 g/mol. The van der Waals surface area contributed by atoms with E-state index < -0.39 is 5.97 Å². The molecule has 0 radical (unpaired) electrons. The fraction of sp³-hybridized carbons (Fsp3) is 0.421. The highest BCUT2D eigenvalue weighted by Crippen LogP contribution is 2.35. The van der Waals surface area contributed by atoms with Crippen LogP contribution in [-0.4, -0.2) is 46.4 Å². The van der Waals surface area contributed by atoms with Crippen molar-refractivity contribution in [3.63, 3.8) is 0 Å². The third kappa shape index (κ3) is 3.40. The number of rotatable bonds is 7. The van der Waals surface area contributed by atoms with Crippen molar-refractivity contribution in [2.75, 3.05) is 26.6 Å². The van der Waals surface area contributed by atoms with Crippen LogP contribution >= 0.6 is 0 Å². The number of ether oxygens (including phenoxy) is 2. The Bertz CT molecular complexity index is 997. The lowest BCUT2D eigenvalue weighted by Gasteiger charge is -2.12. The predicted octanol–water partition coefficient (Wildman–Crippen LogP) is 2.65. The average molecular weight is 372 g/mol. The molecule has 3 aromatic rings. The zero-order valence-electron chi connectivity index (χ0n) is 15.8. The van der Waals surface area contributed by atoms with Crippen molar-refractivity contribution in [3.05, 3.63) is 23.5 Å². The molecule has 2 heterocycles. The molecule has 0 atom stereocenters. The van der Waals surface area contributed by atoms with Gasteiger partial charge in [0.15, 0.2) is 5.82 Å². The van der Waals surface area contributed by atoms with Crippen molar-refractivity contribution in [1.29, 1.82) is 0 Å². The van der Waals surface area contributed by atoms with Gasteiger partial charge in [0, 0.05) is 20.1 Å². The van der Waals surface area contributed by atoms with Crippen LogP contribution in [0.1, 0.15) is 35.9 Å². The van der Waals surface area contributed by atoms with Crippen molar-refractivity contribution in [3.8, 4) is 5.75 Å². The van der Waals surface area contributed by atoms with Gasteiger partial charge in [-0.3, -0.25) is 0 Å². The number of carbonyl (C=O) groups excluding carboxylic acids is 1. The zero-order valence-corrected chi connectivity index (χ0v) is 15.8. The molecule has 8 nitrogen and oxygen atoms in total. The number of unbranched alkanes of at least 4 members (excludes halogenated alkanes) is 1. The maximum atomic E-state index is 11.9. The molecule has 0 spiro atoms. The first kappa shape index (κ1) is 18.9. The van der Waals surface area contributed by atoms with Crippen LogP contribution in [0, 0.1) is 0 Å². The van der Waals surface area contributed by atoms with Gasteiger partial charge >= 0.3 is 5.97 Å². The molecule has 0 unspecified atom stereocenters. The number of hydrogen-bond donors (Lipinski definition) is 2. The molecule has 0 aliphatic carbocycles. The number of anilines is 1. The fourth-order valence-corrected chi connectivity index (χ4v) is 3.24. The molecule has 2 aromatic heterocycles. The van der Waals surface area contributed by atoms with Crippen LogP contribution in [0.15, 0.2) is 12.1 Å². The highest BCUT2D eigenvalue weighted by molar-refractivity contribution is 6.11. The molecule has 0 aliphatic heterocycles. The minimum absolute atomic E-state index is 0.0639. The van der Waals surface area contributed by atoms with Crippen LogP contribution in [0.25, 0.3) is 21.9 Å². The number of esters is 1. The number of imidazole rings is 1. The molecule has 27 heavy (non-hydrogen) atoms. The van der Waals surface area contributed by atoms with Crippen molar-refractivity contribution in [1.82, 2.24) is 14.5 Å². The quantitative estimate of drug-likeness (QED) is 0.613. The van der Waals surface area contributed by atoms with Gasteiger partial charge in [-0.05, 0) is 18.6 Å². The molecule has 0 saturated heterocycles. The smallest absolute Gasteiger partial charge is 0.338 e. The number of fused-ring (bicyclic) bond motifs is 3. The van der Waals surface area contributed by atoms with E-state index in [0.29, 0.717) is 35.1 Å². The van der Waals surface area contributed by atoms with E-state index >= 15 is 0 Å². The molecule has 8 heteroatoms. The van der Waals surface area contributed by atoms with E-state index in [2.05, 4.69) is 16.9 Å². The summed E-state index contributed by atoms with van der Waals surface area (Å²) in [6.45, 7) is 3.19. The number of methoxy groups -OCH3 is 2. The van der Waals surface area contributed by atoms with E-state index in [1.807, 2.05) is 4.57 Å². The number of pyridine rings is 1. The van der Waals surface area contributed by atoms with E-state index in [-0.39, 0.29) is 17.1 Å². The number of hydrogen-bond acceptors (Lipinski definition) is 7. The number of carbonyl (C=O) groups is 1. The maximum absolute atomic E-state index is 11.9. The number of aromatic nitrogens is 3. The topological polar surface area (TPSA) is 112 Å². The van der Waals surface area contributed by atoms with Crippen LogP contribution < -0.4 is 5.73 Å². The Morgan fingerprint density at radius 2 is 2.07 bits per heavy atom. The van der Waals surface area contributed by atoms with Gasteiger partial charge in [0.1, 0.15) is 17.1 Å². The summed E-state index contributed by atoms with van der Waals surface area (Å²) in [7, 11) is 2.92. The molecule has 1 aromatic carbocycles. The molecule has 0 amide bonds. The largest absolute Gasteiger partial charge is 0.507 e. The van der Waals surface area contributed by atoms with Gasteiger partial charge in [-0.1, -0.05) is 13.3 Å². The molecule has 0 aliphatic rings. The minimum atomic E-state index is -0.552. The number of phenolic OH excluding ortho intramolecular Hbond substituents is 1. The van der Waals surface area contributed by atoms with Gasteiger partial charge in [0.2, 0.25) is 0 Å².